The Morgan fingerprint density at radius 3 is 2.24 bits per heavy atom. The molecule has 0 amide bonds. The van der Waals surface area contributed by atoms with E-state index in [0.29, 0.717) is 5.75 Å². The molecule has 1 radical (unpaired) electrons. The second-order valence-corrected chi connectivity index (χ2v) is 15.1. The van der Waals surface area contributed by atoms with Gasteiger partial charge in [-0.25, -0.2) is 11.6 Å². The molecule has 269 valence electrons. The van der Waals surface area contributed by atoms with E-state index in [2.05, 4.69) is 60.9 Å². The third-order valence-corrected chi connectivity index (χ3v) is 9.82. The van der Waals surface area contributed by atoms with Gasteiger partial charge in [0.15, 0.2) is 5.78 Å². The molecule has 7 heteroatoms. The van der Waals surface area contributed by atoms with Gasteiger partial charge in [0.1, 0.15) is 12.1 Å². The van der Waals surface area contributed by atoms with E-state index in [0.717, 1.165) is 87.1 Å². The van der Waals surface area contributed by atoms with Gasteiger partial charge in [-0.1, -0.05) is 95.8 Å². The first-order valence-electron chi connectivity index (χ1n) is 18.0. The molecule has 0 atom stereocenters. The van der Waals surface area contributed by atoms with Crippen molar-refractivity contribution in [2.45, 2.75) is 100.0 Å². The van der Waals surface area contributed by atoms with Gasteiger partial charge in [-0.15, -0.1) is 17.5 Å². The first-order valence-corrected chi connectivity index (χ1v) is 18.0. The summed E-state index contributed by atoms with van der Waals surface area (Å²) in [7, 11) is 0. The zero-order valence-electron chi connectivity index (χ0n) is 31.4. The summed E-state index contributed by atoms with van der Waals surface area (Å²) in [6, 6.07) is 20.3. The Morgan fingerprint density at radius 1 is 0.941 bits per heavy atom. The van der Waals surface area contributed by atoms with E-state index < -0.39 is 5.54 Å². The number of benzene rings is 4. The number of hydrogen-bond acceptors (Lipinski definition) is 5. The predicted molar refractivity (Wildman–Crippen MR) is 206 cm³/mol. The Hall–Kier alpha value is -4.11. The average Bonchev–Trinajstić information content (AvgIpc) is 3.08. The van der Waals surface area contributed by atoms with Gasteiger partial charge in [0.25, 0.3) is 0 Å². The van der Waals surface area contributed by atoms with Crippen molar-refractivity contribution >= 4 is 38.2 Å². The van der Waals surface area contributed by atoms with Gasteiger partial charge in [0.2, 0.25) is 5.54 Å². The summed E-state index contributed by atoms with van der Waals surface area (Å²) in [5, 5.41) is 14.8. The molecule has 5 aromatic rings. The van der Waals surface area contributed by atoms with Gasteiger partial charge in [-0.3, -0.25) is 9.78 Å². The minimum absolute atomic E-state index is 0. The summed E-state index contributed by atoms with van der Waals surface area (Å²) in [5.74, 6) is 1.95. The molecule has 6 rings (SSSR count). The molecular weight excluding hydrogens is 811 g/mol. The second-order valence-electron chi connectivity index (χ2n) is 15.1. The Labute approximate surface area is 316 Å². The summed E-state index contributed by atoms with van der Waals surface area (Å²) < 4.78 is 6.67. The molecular formula is C44H50IrN3O3-. The zero-order chi connectivity index (χ0) is 36.4. The average molecular weight is 861 g/mol. The van der Waals surface area contributed by atoms with Gasteiger partial charge in [-0.2, -0.15) is 0 Å². The van der Waals surface area contributed by atoms with Crippen molar-refractivity contribution in [2.24, 2.45) is 17.3 Å². The zero-order valence-corrected chi connectivity index (χ0v) is 33.8. The molecule has 0 aliphatic carbocycles. The van der Waals surface area contributed by atoms with Gasteiger partial charge in [-0.05, 0) is 54.5 Å². The van der Waals surface area contributed by atoms with Gasteiger partial charge < -0.3 is 14.7 Å². The number of aliphatic hydroxyl groups excluding tert-OH is 1. The molecule has 0 spiro atoms. The minimum Gasteiger partial charge on any atom is -0.512 e. The Kier molecular flexibility index (Phi) is 12.5. The van der Waals surface area contributed by atoms with Crippen LogP contribution in [0.25, 0.3) is 48.6 Å². The fourth-order valence-corrected chi connectivity index (χ4v) is 7.05. The molecule has 0 fully saturated rings. The van der Waals surface area contributed by atoms with Crippen LogP contribution in [0.3, 0.4) is 0 Å². The van der Waals surface area contributed by atoms with Crippen molar-refractivity contribution in [3.63, 3.8) is 0 Å². The molecule has 0 bridgehead atoms. The topological polar surface area (TPSA) is 76.7 Å². The Morgan fingerprint density at radius 2 is 1.61 bits per heavy atom. The van der Waals surface area contributed by atoms with Crippen molar-refractivity contribution in [1.82, 2.24) is 9.97 Å². The van der Waals surface area contributed by atoms with Crippen molar-refractivity contribution in [2.75, 3.05) is 0 Å². The first kappa shape index (κ1) is 39.7. The SMILES string of the molecule is CCC(CC)C(=O)/C=C(\O)C(CC)CC.[C-]#[N+]C(C)(C)c1c2c([c-]c3ccccc13)-c1ncnc3c1c(cc1cc(CC(C)(C)C)ccc13)O2.[Ir]. The Bertz CT molecular complexity index is 2130. The molecule has 1 aliphatic heterocycles. The standard InChI is InChI=1S/C31H26N3O.C13H24O2.Ir/c1-30(2,3)16-18-11-12-22-20(13-18)15-24-25-27(22)33-17-34-28(25)23-14-19-9-7-8-10-21(19)26(29(23)35-24)31(4,5)32-6;1-5-10(6-2)12(14)9-13(15)11(7-3)8-4;/h7-13,15,17H,16H2,1-5H3;9-11,14H,5-8H2,1-4H3;/q-1;;/b;12-9-;. The maximum Gasteiger partial charge on any atom is 0.242 e. The predicted octanol–water partition coefficient (Wildman–Crippen LogP) is 12.1. The van der Waals surface area contributed by atoms with Crippen molar-refractivity contribution in [3.8, 4) is 22.8 Å². The van der Waals surface area contributed by atoms with E-state index in [-0.39, 0.29) is 48.9 Å². The fourth-order valence-electron chi connectivity index (χ4n) is 7.05. The molecule has 2 heterocycles. The molecule has 0 unspecified atom stereocenters. The van der Waals surface area contributed by atoms with Crippen LogP contribution in [0.4, 0.5) is 0 Å². The quantitative estimate of drug-likeness (QED) is 0.0678. The smallest absolute Gasteiger partial charge is 0.242 e. The van der Waals surface area contributed by atoms with Crippen LogP contribution in [0.2, 0.25) is 0 Å². The van der Waals surface area contributed by atoms with E-state index in [4.69, 9.17) is 16.3 Å². The number of fused-ring (bicyclic) bond motifs is 5. The van der Waals surface area contributed by atoms with E-state index >= 15 is 0 Å². The largest absolute Gasteiger partial charge is 0.512 e. The van der Waals surface area contributed by atoms with E-state index in [1.165, 1.54) is 11.6 Å². The molecule has 1 aliphatic rings. The number of aromatic nitrogens is 2. The third-order valence-electron chi connectivity index (χ3n) is 9.82. The number of allylic oxidation sites excluding steroid dienone is 2. The number of rotatable bonds is 9. The number of carbonyl (C=O) groups is 1. The maximum atomic E-state index is 11.7. The van der Waals surface area contributed by atoms with Crippen molar-refractivity contribution in [1.29, 1.82) is 0 Å². The van der Waals surface area contributed by atoms with Crippen molar-refractivity contribution < 1.29 is 34.7 Å². The van der Waals surface area contributed by atoms with Crippen molar-refractivity contribution in [3.05, 3.63) is 95.3 Å². The molecule has 1 aromatic heterocycles. The van der Waals surface area contributed by atoms with Crippen LogP contribution in [0.1, 0.15) is 99.1 Å². The van der Waals surface area contributed by atoms with E-state index in [1.54, 1.807) is 6.33 Å². The summed E-state index contributed by atoms with van der Waals surface area (Å²) in [6.45, 7) is 26.6. The maximum absolute atomic E-state index is 11.7. The molecule has 0 saturated heterocycles. The van der Waals surface area contributed by atoms with Gasteiger partial charge in [0, 0.05) is 73.9 Å². The van der Waals surface area contributed by atoms with E-state index in [9.17, 15) is 9.90 Å². The van der Waals surface area contributed by atoms with Crippen LogP contribution >= 0.6 is 0 Å². The number of carbonyl (C=O) groups excluding carboxylic acids is 1. The monoisotopic (exact) mass is 861 g/mol. The summed E-state index contributed by atoms with van der Waals surface area (Å²) in [4.78, 5) is 25.1. The molecule has 51 heavy (non-hydrogen) atoms. The Balaban J connectivity index is 0.000000312. The summed E-state index contributed by atoms with van der Waals surface area (Å²) >= 11 is 0. The normalized spacial score (nSPS) is 12.6. The van der Waals surface area contributed by atoms with Crippen LogP contribution in [-0.4, -0.2) is 20.9 Å². The molecule has 0 saturated carbocycles. The first-order chi connectivity index (χ1) is 23.8. The number of ketones is 1. The summed E-state index contributed by atoms with van der Waals surface area (Å²) in [5.41, 5.74) is 4.05. The second kappa shape index (κ2) is 16.1. The minimum atomic E-state index is -0.779. The van der Waals surface area contributed by atoms with Crippen LogP contribution in [0, 0.1) is 29.9 Å². The van der Waals surface area contributed by atoms with Gasteiger partial charge >= 0.3 is 0 Å². The molecule has 6 nitrogen and oxygen atoms in total. The number of aliphatic hydroxyl groups is 1. The number of hydrogen-bond donors (Lipinski definition) is 1. The van der Waals surface area contributed by atoms with Crippen LogP contribution in [0.15, 0.2) is 66.7 Å². The fraction of sp³-hybridized carbons (Fsp3) is 0.409. The van der Waals surface area contributed by atoms with Gasteiger partial charge in [0.05, 0.1) is 17.0 Å². The number of nitrogens with zero attached hydrogens (tertiary/aromatic N) is 3. The number of ether oxygens (including phenoxy) is 1. The summed E-state index contributed by atoms with van der Waals surface area (Å²) in [6.07, 6.45) is 7.52. The van der Waals surface area contributed by atoms with Crippen LogP contribution < -0.4 is 4.74 Å². The van der Waals surface area contributed by atoms with Crippen LogP contribution in [-0.2, 0) is 36.9 Å². The molecule has 4 aromatic carbocycles. The molecule has 1 N–H and O–H groups in total. The third kappa shape index (κ3) is 8.19. The van der Waals surface area contributed by atoms with E-state index in [1.807, 2.05) is 65.8 Å². The van der Waals surface area contributed by atoms with Crippen LogP contribution in [0.5, 0.6) is 11.5 Å².